The van der Waals surface area contributed by atoms with Gasteiger partial charge in [0, 0.05) is 18.6 Å². The molecule has 0 N–H and O–H groups in total. The summed E-state index contributed by atoms with van der Waals surface area (Å²) >= 11 is 6.08. The topological polar surface area (TPSA) is 38.1 Å². The SMILES string of the molecule is CC(C)CN(Cc1nc2ccc(Cl)cc2n1C)C(=O)c1ccccc1F. The van der Waals surface area contributed by atoms with Crippen LogP contribution in [-0.2, 0) is 13.6 Å². The van der Waals surface area contributed by atoms with E-state index in [0.717, 1.165) is 16.9 Å². The van der Waals surface area contributed by atoms with Gasteiger partial charge in [0.15, 0.2) is 0 Å². The number of halogens is 2. The van der Waals surface area contributed by atoms with E-state index < -0.39 is 5.82 Å². The molecule has 0 atom stereocenters. The van der Waals surface area contributed by atoms with Gasteiger partial charge in [-0.25, -0.2) is 9.37 Å². The molecule has 6 heteroatoms. The van der Waals surface area contributed by atoms with Crippen molar-refractivity contribution >= 4 is 28.5 Å². The van der Waals surface area contributed by atoms with Crippen LogP contribution in [0.1, 0.15) is 30.0 Å². The van der Waals surface area contributed by atoms with Crippen molar-refractivity contribution < 1.29 is 9.18 Å². The maximum Gasteiger partial charge on any atom is 0.257 e. The van der Waals surface area contributed by atoms with Crippen molar-refractivity contribution in [2.24, 2.45) is 13.0 Å². The standard InChI is InChI=1S/C20H21ClFN3O/c1-13(2)11-25(20(26)15-6-4-5-7-16(15)22)12-19-23-17-9-8-14(21)10-18(17)24(19)3/h4-10,13H,11-12H2,1-3H3. The molecule has 0 unspecified atom stereocenters. The minimum atomic E-state index is -0.511. The molecule has 26 heavy (non-hydrogen) atoms. The highest BCUT2D eigenvalue weighted by Crippen LogP contribution is 2.21. The molecule has 4 nitrogen and oxygen atoms in total. The number of carbonyl (C=O) groups is 1. The summed E-state index contributed by atoms with van der Waals surface area (Å²) < 4.78 is 16.0. The molecule has 136 valence electrons. The molecule has 0 aliphatic carbocycles. The van der Waals surface area contributed by atoms with E-state index in [4.69, 9.17) is 11.6 Å². The van der Waals surface area contributed by atoms with Crippen LogP contribution in [0.3, 0.4) is 0 Å². The number of amides is 1. The fourth-order valence-electron chi connectivity index (χ4n) is 2.99. The first-order valence-electron chi connectivity index (χ1n) is 8.51. The molecule has 3 rings (SSSR count). The normalized spacial score (nSPS) is 11.3. The molecule has 0 spiro atoms. The number of aryl methyl sites for hydroxylation is 1. The lowest BCUT2D eigenvalue weighted by Crippen LogP contribution is -2.35. The van der Waals surface area contributed by atoms with Gasteiger partial charge in [-0.15, -0.1) is 0 Å². The van der Waals surface area contributed by atoms with Gasteiger partial charge in [0.05, 0.1) is 23.1 Å². The number of carbonyl (C=O) groups excluding carboxylic acids is 1. The first-order valence-corrected chi connectivity index (χ1v) is 8.89. The van der Waals surface area contributed by atoms with Crippen LogP contribution in [0, 0.1) is 11.7 Å². The number of hydrogen-bond donors (Lipinski definition) is 0. The minimum absolute atomic E-state index is 0.0787. The van der Waals surface area contributed by atoms with Gasteiger partial charge in [-0.3, -0.25) is 4.79 Å². The van der Waals surface area contributed by atoms with Gasteiger partial charge < -0.3 is 9.47 Å². The lowest BCUT2D eigenvalue weighted by molar-refractivity contribution is 0.0712. The molecular weight excluding hydrogens is 353 g/mol. The highest BCUT2D eigenvalue weighted by atomic mass is 35.5. The summed E-state index contributed by atoms with van der Waals surface area (Å²) in [6, 6.07) is 11.6. The van der Waals surface area contributed by atoms with Crippen molar-refractivity contribution in [2.75, 3.05) is 6.54 Å². The third-order valence-corrected chi connectivity index (χ3v) is 4.48. The molecule has 1 aromatic heterocycles. The number of fused-ring (bicyclic) bond motifs is 1. The van der Waals surface area contributed by atoms with Crippen molar-refractivity contribution in [3.8, 4) is 0 Å². The predicted molar refractivity (Wildman–Crippen MR) is 102 cm³/mol. The number of hydrogen-bond acceptors (Lipinski definition) is 2. The summed E-state index contributed by atoms with van der Waals surface area (Å²) in [7, 11) is 1.89. The summed E-state index contributed by atoms with van der Waals surface area (Å²) in [4.78, 5) is 19.2. The molecule has 0 aliphatic heterocycles. The van der Waals surface area contributed by atoms with Gasteiger partial charge in [0.25, 0.3) is 5.91 Å². The predicted octanol–water partition coefficient (Wildman–Crippen LogP) is 4.66. The van der Waals surface area contributed by atoms with Gasteiger partial charge in [-0.2, -0.15) is 0 Å². The third kappa shape index (κ3) is 3.73. The Hall–Kier alpha value is -2.40. The van der Waals surface area contributed by atoms with Gasteiger partial charge in [-0.1, -0.05) is 37.6 Å². The van der Waals surface area contributed by atoms with Crippen LogP contribution in [-0.4, -0.2) is 26.9 Å². The van der Waals surface area contributed by atoms with Gasteiger partial charge in [-0.05, 0) is 36.2 Å². The highest BCUT2D eigenvalue weighted by Gasteiger charge is 2.22. The van der Waals surface area contributed by atoms with Gasteiger partial charge in [0.2, 0.25) is 0 Å². The van der Waals surface area contributed by atoms with E-state index in [2.05, 4.69) is 4.98 Å². The minimum Gasteiger partial charge on any atom is -0.331 e. The Balaban J connectivity index is 1.96. The molecule has 3 aromatic rings. The van der Waals surface area contributed by atoms with Gasteiger partial charge >= 0.3 is 0 Å². The monoisotopic (exact) mass is 373 g/mol. The molecule has 0 aliphatic rings. The average molecular weight is 374 g/mol. The first kappa shape index (κ1) is 18.4. The van der Waals surface area contributed by atoms with Crippen molar-refractivity contribution in [1.29, 1.82) is 0 Å². The van der Waals surface area contributed by atoms with E-state index in [0.29, 0.717) is 18.1 Å². The summed E-state index contributed by atoms with van der Waals surface area (Å²) in [5.74, 6) is 0.132. The maximum absolute atomic E-state index is 14.1. The number of aromatic nitrogens is 2. The van der Waals surface area contributed by atoms with Crippen LogP contribution in [0.2, 0.25) is 5.02 Å². The van der Waals surface area contributed by atoms with E-state index in [1.54, 1.807) is 23.1 Å². The highest BCUT2D eigenvalue weighted by molar-refractivity contribution is 6.31. The second-order valence-electron chi connectivity index (χ2n) is 6.78. The number of rotatable bonds is 5. The summed E-state index contributed by atoms with van der Waals surface area (Å²) in [6.45, 7) is 4.86. The molecular formula is C20H21ClFN3O. The van der Waals surface area contributed by atoms with Crippen LogP contribution < -0.4 is 0 Å². The summed E-state index contributed by atoms with van der Waals surface area (Å²) in [5, 5.41) is 0.633. The third-order valence-electron chi connectivity index (χ3n) is 4.24. The summed E-state index contributed by atoms with van der Waals surface area (Å²) in [5.41, 5.74) is 1.79. The zero-order chi connectivity index (χ0) is 18.8. The zero-order valence-electron chi connectivity index (χ0n) is 15.0. The Morgan fingerprint density at radius 1 is 1.27 bits per heavy atom. The largest absolute Gasteiger partial charge is 0.331 e. The van der Waals surface area contributed by atoms with E-state index in [9.17, 15) is 9.18 Å². The van der Waals surface area contributed by atoms with Crippen molar-refractivity contribution in [3.63, 3.8) is 0 Å². The molecule has 0 fully saturated rings. The molecule has 1 amide bonds. The van der Waals surface area contributed by atoms with Crippen LogP contribution in [0.5, 0.6) is 0 Å². The van der Waals surface area contributed by atoms with Crippen molar-refractivity contribution in [2.45, 2.75) is 20.4 Å². The Kier molecular flexibility index (Phi) is 5.28. The lowest BCUT2D eigenvalue weighted by atomic mass is 10.1. The van der Waals surface area contributed by atoms with Crippen LogP contribution in [0.4, 0.5) is 4.39 Å². The van der Waals surface area contributed by atoms with Crippen LogP contribution in [0.25, 0.3) is 11.0 Å². The second-order valence-corrected chi connectivity index (χ2v) is 7.22. The maximum atomic E-state index is 14.1. The molecule has 1 heterocycles. The average Bonchev–Trinajstić information content (AvgIpc) is 2.89. The number of nitrogens with zero attached hydrogens (tertiary/aromatic N) is 3. The Morgan fingerprint density at radius 3 is 2.69 bits per heavy atom. The Bertz CT molecular complexity index is 951. The zero-order valence-corrected chi connectivity index (χ0v) is 15.8. The number of benzene rings is 2. The quantitative estimate of drug-likeness (QED) is 0.652. The van der Waals surface area contributed by atoms with Crippen LogP contribution >= 0.6 is 11.6 Å². The fourth-order valence-corrected chi connectivity index (χ4v) is 3.16. The Morgan fingerprint density at radius 2 is 2.00 bits per heavy atom. The smallest absolute Gasteiger partial charge is 0.257 e. The molecule has 0 saturated carbocycles. The molecule has 2 aromatic carbocycles. The second kappa shape index (κ2) is 7.46. The lowest BCUT2D eigenvalue weighted by Gasteiger charge is -2.24. The Labute approximate surface area is 157 Å². The van der Waals surface area contributed by atoms with E-state index in [1.807, 2.05) is 37.6 Å². The fraction of sp³-hybridized carbons (Fsp3) is 0.300. The van der Waals surface area contributed by atoms with E-state index in [-0.39, 0.29) is 17.4 Å². The van der Waals surface area contributed by atoms with Crippen molar-refractivity contribution in [1.82, 2.24) is 14.5 Å². The molecule has 0 bridgehead atoms. The van der Waals surface area contributed by atoms with Crippen LogP contribution in [0.15, 0.2) is 42.5 Å². The van der Waals surface area contributed by atoms with Gasteiger partial charge in [0.1, 0.15) is 11.6 Å². The van der Waals surface area contributed by atoms with E-state index in [1.165, 1.54) is 12.1 Å². The summed E-state index contributed by atoms with van der Waals surface area (Å²) in [6.07, 6.45) is 0. The molecule has 0 saturated heterocycles. The van der Waals surface area contributed by atoms with Crippen molar-refractivity contribution in [3.05, 3.63) is 64.7 Å². The van der Waals surface area contributed by atoms with E-state index >= 15 is 0 Å². The number of imidazole rings is 1. The first-order chi connectivity index (χ1) is 12.4. The molecule has 0 radical (unpaired) electrons.